The summed E-state index contributed by atoms with van der Waals surface area (Å²) in [6.07, 6.45) is -0.983. The molecule has 166 valence electrons. The summed E-state index contributed by atoms with van der Waals surface area (Å²) in [5.41, 5.74) is 0.344. The predicted molar refractivity (Wildman–Crippen MR) is 109 cm³/mol. The zero-order chi connectivity index (χ0) is 22.2. The Hall–Kier alpha value is -3.66. The summed E-state index contributed by atoms with van der Waals surface area (Å²) in [4.78, 5) is 24.2. The van der Waals surface area contributed by atoms with Crippen molar-refractivity contribution in [1.82, 2.24) is 10.6 Å². The highest BCUT2D eigenvalue weighted by molar-refractivity contribution is 5.97. The number of nitrogens with one attached hydrogen (secondary N) is 2. The van der Waals surface area contributed by atoms with Gasteiger partial charge in [-0.3, -0.25) is 9.59 Å². The first-order valence-electron chi connectivity index (χ1n) is 9.48. The minimum atomic E-state index is -0.983. The Balaban J connectivity index is 1.41. The molecule has 1 aliphatic heterocycles. The zero-order valence-corrected chi connectivity index (χ0v) is 17.2. The first-order chi connectivity index (χ1) is 15.0. The van der Waals surface area contributed by atoms with E-state index in [0.717, 1.165) is 0 Å². The van der Waals surface area contributed by atoms with E-state index >= 15 is 0 Å². The lowest BCUT2D eigenvalue weighted by atomic mass is 10.2. The lowest BCUT2D eigenvalue weighted by Gasteiger charge is -2.17. The fourth-order valence-electron chi connectivity index (χ4n) is 2.79. The van der Waals surface area contributed by atoms with Crippen molar-refractivity contribution >= 4 is 11.8 Å². The molecule has 0 fully saturated rings. The molecule has 1 atom stereocenters. The van der Waals surface area contributed by atoms with Gasteiger partial charge >= 0.3 is 0 Å². The second-order valence-corrected chi connectivity index (χ2v) is 6.51. The largest absolute Gasteiger partial charge is 0.493 e. The van der Waals surface area contributed by atoms with Crippen LogP contribution in [0.1, 0.15) is 10.4 Å². The third-order valence-corrected chi connectivity index (χ3v) is 4.38. The first kappa shape index (κ1) is 22.0. The van der Waals surface area contributed by atoms with Crippen molar-refractivity contribution in [3.63, 3.8) is 0 Å². The number of aliphatic hydroxyl groups excluding tert-OH is 1. The molecule has 0 bridgehead atoms. The van der Waals surface area contributed by atoms with Gasteiger partial charge in [0.05, 0.1) is 20.8 Å². The summed E-state index contributed by atoms with van der Waals surface area (Å²) < 4.78 is 26.5. The van der Waals surface area contributed by atoms with Crippen molar-refractivity contribution < 1.29 is 38.4 Å². The van der Waals surface area contributed by atoms with Crippen LogP contribution in [-0.2, 0) is 4.79 Å². The SMILES string of the molecule is COc1cccc(OC)c1OCC(O)CNC(=O)CNC(=O)c1ccc2c(c1)OCO2. The molecule has 0 spiro atoms. The number of hydrogen-bond donors (Lipinski definition) is 3. The summed E-state index contributed by atoms with van der Waals surface area (Å²) in [7, 11) is 2.99. The van der Waals surface area contributed by atoms with E-state index in [1.807, 2.05) is 0 Å². The van der Waals surface area contributed by atoms with Gasteiger partial charge in [-0.15, -0.1) is 0 Å². The summed E-state index contributed by atoms with van der Waals surface area (Å²) >= 11 is 0. The Kier molecular flexibility index (Phi) is 7.39. The van der Waals surface area contributed by atoms with E-state index in [2.05, 4.69) is 10.6 Å². The molecule has 10 nitrogen and oxygen atoms in total. The molecule has 1 aliphatic rings. The van der Waals surface area contributed by atoms with Crippen LogP contribution >= 0.6 is 0 Å². The molecule has 1 heterocycles. The van der Waals surface area contributed by atoms with Crippen LogP contribution in [0.2, 0.25) is 0 Å². The number of carbonyl (C=O) groups excluding carboxylic acids is 2. The van der Waals surface area contributed by atoms with E-state index in [0.29, 0.717) is 34.3 Å². The van der Waals surface area contributed by atoms with Crippen LogP contribution in [0.25, 0.3) is 0 Å². The van der Waals surface area contributed by atoms with Crippen molar-refractivity contribution in [2.75, 3.05) is 40.7 Å². The molecule has 2 aromatic rings. The summed E-state index contributed by atoms with van der Waals surface area (Å²) in [5.74, 6) is 1.43. The minimum absolute atomic E-state index is 0.0593. The molecule has 2 aromatic carbocycles. The first-order valence-corrected chi connectivity index (χ1v) is 9.48. The van der Waals surface area contributed by atoms with Crippen LogP contribution in [0.3, 0.4) is 0 Å². The number of amides is 2. The molecule has 3 rings (SSSR count). The number of hydrogen-bond acceptors (Lipinski definition) is 8. The molecule has 2 amide bonds. The maximum Gasteiger partial charge on any atom is 0.251 e. The van der Waals surface area contributed by atoms with E-state index in [9.17, 15) is 14.7 Å². The second kappa shape index (κ2) is 10.4. The molecular formula is C21H24N2O8. The van der Waals surface area contributed by atoms with Crippen LogP contribution in [0.5, 0.6) is 28.7 Å². The standard InChI is InChI=1S/C21H24N2O8/c1-27-16-4-3-5-17(28-2)20(16)29-11-14(24)9-22-19(25)10-23-21(26)13-6-7-15-18(8-13)31-12-30-15/h3-8,14,24H,9-12H2,1-2H3,(H,22,25)(H,23,26). The Morgan fingerprint density at radius 2 is 1.77 bits per heavy atom. The van der Waals surface area contributed by atoms with Crippen molar-refractivity contribution in [3.8, 4) is 28.7 Å². The van der Waals surface area contributed by atoms with Gasteiger partial charge in [-0.25, -0.2) is 0 Å². The normalized spacial score (nSPS) is 12.6. The maximum atomic E-state index is 12.2. The van der Waals surface area contributed by atoms with E-state index in [1.54, 1.807) is 36.4 Å². The molecule has 0 saturated carbocycles. The molecule has 31 heavy (non-hydrogen) atoms. The van der Waals surface area contributed by atoms with Crippen molar-refractivity contribution in [2.24, 2.45) is 0 Å². The molecule has 0 saturated heterocycles. The molecule has 0 aliphatic carbocycles. The fraction of sp³-hybridized carbons (Fsp3) is 0.333. The smallest absolute Gasteiger partial charge is 0.251 e. The van der Waals surface area contributed by atoms with Gasteiger partial charge in [0.2, 0.25) is 18.4 Å². The van der Waals surface area contributed by atoms with Crippen LogP contribution in [-0.4, -0.2) is 63.7 Å². The molecule has 3 N–H and O–H groups in total. The summed E-state index contributed by atoms with van der Waals surface area (Å²) in [5, 5.41) is 15.1. The van der Waals surface area contributed by atoms with E-state index in [-0.39, 0.29) is 26.5 Å². The Bertz CT molecular complexity index is 911. The Morgan fingerprint density at radius 1 is 1.06 bits per heavy atom. The van der Waals surface area contributed by atoms with Gasteiger partial charge in [0.15, 0.2) is 23.0 Å². The van der Waals surface area contributed by atoms with Gasteiger partial charge in [0.25, 0.3) is 5.91 Å². The Morgan fingerprint density at radius 3 is 2.48 bits per heavy atom. The quantitative estimate of drug-likeness (QED) is 0.502. The second-order valence-electron chi connectivity index (χ2n) is 6.51. The lowest BCUT2D eigenvalue weighted by Crippen LogP contribution is -2.41. The van der Waals surface area contributed by atoms with Crippen molar-refractivity contribution in [1.29, 1.82) is 0 Å². The van der Waals surface area contributed by atoms with Gasteiger partial charge in [0.1, 0.15) is 12.7 Å². The number of fused-ring (bicyclic) bond motifs is 1. The lowest BCUT2D eigenvalue weighted by molar-refractivity contribution is -0.120. The molecule has 10 heteroatoms. The predicted octanol–water partition coefficient (Wildman–Crippen LogP) is 0.718. The van der Waals surface area contributed by atoms with Crippen LogP contribution in [0, 0.1) is 0 Å². The zero-order valence-electron chi connectivity index (χ0n) is 17.2. The van der Waals surface area contributed by atoms with Gasteiger partial charge in [0, 0.05) is 12.1 Å². The maximum absolute atomic E-state index is 12.2. The van der Waals surface area contributed by atoms with Crippen molar-refractivity contribution in [3.05, 3.63) is 42.0 Å². The van der Waals surface area contributed by atoms with Crippen LogP contribution < -0.4 is 34.3 Å². The topological polar surface area (TPSA) is 125 Å². The van der Waals surface area contributed by atoms with Gasteiger partial charge < -0.3 is 39.4 Å². The van der Waals surface area contributed by atoms with E-state index in [4.69, 9.17) is 23.7 Å². The van der Waals surface area contributed by atoms with Gasteiger partial charge in [-0.05, 0) is 30.3 Å². The summed E-state index contributed by atoms with van der Waals surface area (Å²) in [6, 6.07) is 9.91. The Labute approximate surface area is 179 Å². The number of para-hydroxylation sites is 1. The van der Waals surface area contributed by atoms with Gasteiger partial charge in [-0.1, -0.05) is 6.07 Å². The molecule has 0 radical (unpaired) electrons. The van der Waals surface area contributed by atoms with Gasteiger partial charge in [-0.2, -0.15) is 0 Å². The third-order valence-electron chi connectivity index (χ3n) is 4.38. The van der Waals surface area contributed by atoms with E-state index in [1.165, 1.54) is 14.2 Å². The number of benzene rings is 2. The number of rotatable bonds is 10. The minimum Gasteiger partial charge on any atom is -0.493 e. The molecular weight excluding hydrogens is 408 g/mol. The van der Waals surface area contributed by atoms with Crippen LogP contribution in [0.4, 0.5) is 0 Å². The number of carbonyl (C=O) groups is 2. The highest BCUT2D eigenvalue weighted by Gasteiger charge is 2.17. The monoisotopic (exact) mass is 432 g/mol. The van der Waals surface area contributed by atoms with Crippen molar-refractivity contribution in [2.45, 2.75) is 6.10 Å². The average molecular weight is 432 g/mol. The highest BCUT2D eigenvalue weighted by atomic mass is 16.7. The van der Waals surface area contributed by atoms with E-state index < -0.39 is 17.9 Å². The average Bonchev–Trinajstić information content (AvgIpc) is 3.27. The molecule has 0 aromatic heterocycles. The van der Waals surface area contributed by atoms with Crippen LogP contribution in [0.15, 0.2) is 36.4 Å². The number of aliphatic hydroxyl groups is 1. The summed E-state index contributed by atoms with van der Waals surface area (Å²) in [6.45, 7) is -0.295. The number of methoxy groups -OCH3 is 2. The highest BCUT2D eigenvalue weighted by Crippen LogP contribution is 2.36. The number of ether oxygens (including phenoxy) is 5. The third kappa shape index (κ3) is 5.70. The molecule has 1 unspecified atom stereocenters. The fourth-order valence-corrected chi connectivity index (χ4v) is 2.79.